The highest BCUT2D eigenvalue weighted by Crippen LogP contribution is 2.29. The molecule has 1 heterocycles. The number of pyridine rings is 1. The van der Waals surface area contributed by atoms with Crippen molar-refractivity contribution in [2.24, 2.45) is 0 Å². The highest BCUT2D eigenvalue weighted by Gasteiger charge is 2.22. The number of ether oxygens (including phenoxy) is 1. The fourth-order valence-electron chi connectivity index (χ4n) is 4.61. The van der Waals surface area contributed by atoms with E-state index >= 15 is 0 Å². The molecule has 1 amide bonds. The van der Waals surface area contributed by atoms with Crippen LogP contribution in [0.25, 0.3) is 21.9 Å². The summed E-state index contributed by atoms with van der Waals surface area (Å²) in [5, 5.41) is 13.9. The standard InChI is InChI=1S/C35H31FN2O4/c1-35(2,3)27-11-16-29(17-12-27)42-30-15-10-25-20-31(37-21-26(25)19-30)33(39)38-32(34(40)41)18-22-4-6-23(7-5-22)24-8-13-28(36)14-9-24/h4-17,19-21,32H,18H2,1-3H3,(H,38,39)(H,40,41)/t32-/m0/s1. The smallest absolute Gasteiger partial charge is 0.326 e. The van der Waals surface area contributed by atoms with E-state index in [1.54, 1.807) is 36.5 Å². The van der Waals surface area contributed by atoms with Gasteiger partial charge in [-0.1, -0.05) is 75.4 Å². The van der Waals surface area contributed by atoms with Crippen LogP contribution in [0.2, 0.25) is 0 Å². The van der Waals surface area contributed by atoms with Gasteiger partial charge in [-0.05, 0) is 75.5 Å². The molecule has 7 heteroatoms. The number of carboxylic acids is 1. The number of hydrogen-bond acceptors (Lipinski definition) is 4. The summed E-state index contributed by atoms with van der Waals surface area (Å²) in [6, 6.07) is 27.4. The zero-order valence-electron chi connectivity index (χ0n) is 23.6. The number of benzene rings is 4. The van der Waals surface area contributed by atoms with Gasteiger partial charge in [0.2, 0.25) is 0 Å². The lowest BCUT2D eigenvalue weighted by Crippen LogP contribution is -2.42. The van der Waals surface area contributed by atoms with Gasteiger partial charge in [0.25, 0.3) is 5.91 Å². The third kappa shape index (κ3) is 6.81. The monoisotopic (exact) mass is 562 g/mol. The van der Waals surface area contributed by atoms with Gasteiger partial charge < -0.3 is 15.2 Å². The second kappa shape index (κ2) is 11.8. The maximum Gasteiger partial charge on any atom is 0.326 e. The summed E-state index contributed by atoms with van der Waals surface area (Å²) in [7, 11) is 0. The summed E-state index contributed by atoms with van der Waals surface area (Å²) in [4.78, 5) is 29.2. The Balaban J connectivity index is 1.25. The molecule has 42 heavy (non-hydrogen) atoms. The number of carbonyl (C=O) groups excluding carboxylic acids is 1. The van der Waals surface area contributed by atoms with Crippen molar-refractivity contribution in [2.45, 2.75) is 38.6 Å². The summed E-state index contributed by atoms with van der Waals surface area (Å²) >= 11 is 0. The summed E-state index contributed by atoms with van der Waals surface area (Å²) < 4.78 is 19.2. The number of amides is 1. The van der Waals surface area contributed by atoms with Crippen LogP contribution in [0.1, 0.15) is 42.4 Å². The fourth-order valence-corrected chi connectivity index (χ4v) is 4.61. The molecule has 0 aliphatic rings. The van der Waals surface area contributed by atoms with Crippen molar-refractivity contribution in [1.82, 2.24) is 10.3 Å². The first-order valence-corrected chi connectivity index (χ1v) is 13.6. The molecule has 6 nitrogen and oxygen atoms in total. The first-order valence-electron chi connectivity index (χ1n) is 13.6. The Hall–Kier alpha value is -5.04. The lowest BCUT2D eigenvalue weighted by molar-refractivity contribution is -0.139. The van der Waals surface area contributed by atoms with Crippen LogP contribution in [0.15, 0.2) is 103 Å². The number of nitrogens with zero attached hydrogens (tertiary/aromatic N) is 1. The summed E-state index contributed by atoms with van der Waals surface area (Å²) in [5.74, 6) is -0.680. The SMILES string of the molecule is CC(C)(C)c1ccc(Oc2ccc3cc(C(=O)N[C@@H](Cc4ccc(-c5ccc(F)cc5)cc4)C(=O)O)ncc3c2)cc1. The molecule has 5 aromatic rings. The predicted octanol–water partition coefficient (Wildman–Crippen LogP) is 7.56. The van der Waals surface area contributed by atoms with Crippen LogP contribution >= 0.6 is 0 Å². The van der Waals surface area contributed by atoms with Crippen molar-refractivity contribution >= 4 is 22.6 Å². The zero-order chi connectivity index (χ0) is 29.9. The third-order valence-electron chi connectivity index (χ3n) is 7.06. The minimum absolute atomic E-state index is 0.0550. The number of fused-ring (bicyclic) bond motifs is 1. The van der Waals surface area contributed by atoms with Crippen molar-refractivity contribution in [3.8, 4) is 22.6 Å². The summed E-state index contributed by atoms with van der Waals surface area (Å²) in [6.07, 6.45) is 1.67. The summed E-state index contributed by atoms with van der Waals surface area (Å²) in [6.45, 7) is 6.48. The number of aromatic nitrogens is 1. The molecule has 1 atom stereocenters. The average Bonchev–Trinajstić information content (AvgIpc) is 2.97. The van der Waals surface area contributed by atoms with E-state index < -0.39 is 17.9 Å². The Morgan fingerprint density at radius 1 is 0.833 bits per heavy atom. The van der Waals surface area contributed by atoms with Gasteiger partial charge in [0.15, 0.2) is 0 Å². The van der Waals surface area contributed by atoms with E-state index in [2.05, 4.69) is 43.2 Å². The first-order chi connectivity index (χ1) is 20.0. The molecule has 2 N–H and O–H groups in total. The Bertz CT molecular complexity index is 1730. The van der Waals surface area contributed by atoms with Crippen LogP contribution in [-0.2, 0) is 16.6 Å². The van der Waals surface area contributed by atoms with Gasteiger partial charge in [-0.25, -0.2) is 9.18 Å². The maximum absolute atomic E-state index is 13.2. The van der Waals surface area contributed by atoms with Crippen LogP contribution in [-0.4, -0.2) is 28.0 Å². The van der Waals surface area contributed by atoms with Gasteiger partial charge in [0, 0.05) is 18.0 Å². The number of hydrogen-bond donors (Lipinski definition) is 2. The van der Waals surface area contributed by atoms with Gasteiger partial charge in [-0.15, -0.1) is 0 Å². The lowest BCUT2D eigenvalue weighted by atomic mass is 9.87. The van der Waals surface area contributed by atoms with Gasteiger partial charge in [0.1, 0.15) is 29.1 Å². The number of nitrogens with one attached hydrogen (secondary N) is 1. The number of aliphatic carboxylic acids is 1. The Labute approximate surface area is 243 Å². The second-order valence-corrected chi connectivity index (χ2v) is 11.2. The van der Waals surface area contributed by atoms with Crippen molar-refractivity contribution in [1.29, 1.82) is 0 Å². The van der Waals surface area contributed by atoms with Crippen LogP contribution < -0.4 is 10.1 Å². The van der Waals surface area contributed by atoms with E-state index in [9.17, 15) is 19.1 Å². The van der Waals surface area contributed by atoms with Crippen molar-refractivity contribution in [2.75, 3.05) is 0 Å². The number of carbonyl (C=O) groups is 2. The Morgan fingerprint density at radius 2 is 1.45 bits per heavy atom. The molecular formula is C35H31FN2O4. The van der Waals surface area contributed by atoms with E-state index in [-0.39, 0.29) is 23.3 Å². The van der Waals surface area contributed by atoms with E-state index in [4.69, 9.17) is 4.74 Å². The van der Waals surface area contributed by atoms with Gasteiger partial charge in [0.05, 0.1) is 0 Å². The average molecular weight is 563 g/mol. The molecule has 0 radical (unpaired) electrons. The second-order valence-electron chi connectivity index (χ2n) is 11.2. The van der Waals surface area contributed by atoms with Gasteiger partial charge in [-0.2, -0.15) is 0 Å². The quantitative estimate of drug-likeness (QED) is 0.204. The fraction of sp³-hybridized carbons (Fsp3) is 0.171. The maximum atomic E-state index is 13.2. The molecular weight excluding hydrogens is 531 g/mol. The Kier molecular flexibility index (Phi) is 8.02. The lowest BCUT2D eigenvalue weighted by Gasteiger charge is -2.19. The number of carboxylic acid groups (broad SMARTS) is 1. The molecule has 0 bridgehead atoms. The molecule has 0 unspecified atom stereocenters. The molecule has 5 rings (SSSR count). The van der Waals surface area contributed by atoms with Gasteiger partial charge >= 0.3 is 5.97 Å². The number of rotatable bonds is 8. The van der Waals surface area contributed by atoms with Crippen LogP contribution in [0.5, 0.6) is 11.5 Å². The molecule has 0 fully saturated rings. The molecule has 212 valence electrons. The van der Waals surface area contributed by atoms with Crippen LogP contribution in [0, 0.1) is 5.82 Å². The van der Waals surface area contributed by atoms with Crippen molar-refractivity contribution < 1.29 is 23.8 Å². The largest absolute Gasteiger partial charge is 0.480 e. The van der Waals surface area contributed by atoms with E-state index in [0.29, 0.717) is 5.75 Å². The molecule has 0 aliphatic carbocycles. The zero-order valence-corrected chi connectivity index (χ0v) is 23.6. The number of halogens is 1. The normalized spacial score (nSPS) is 12.1. The van der Waals surface area contributed by atoms with Crippen molar-refractivity contribution in [3.05, 3.63) is 126 Å². The first kappa shape index (κ1) is 28.5. The van der Waals surface area contributed by atoms with E-state index in [1.165, 1.54) is 17.7 Å². The van der Waals surface area contributed by atoms with Crippen molar-refractivity contribution in [3.63, 3.8) is 0 Å². The highest BCUT2D eigenvalue weighted by atomic mass is 19.1. The summed E-state index contributed by atoms with van der Waals surface area (Å²) in [5.41, 5.74) is 3.85. The molecule has 1 aromatic heterocycles. The predicted molar refractivity (Wildman–Crippen MR) is 161 cm³/mol. The minimum atomic E-state index is -1.15. The minimum Gasteiger partial charge on any atom is -0.480 e. The van der Waals surface area contributed by atoms with Crippen LogP contribution in [0.4, 0.5) is 4.39 Å². The van der Waals surface area contributed by atoms with Gasteiger partial charge in [-0.3, -0.25) is 9.78 Å². The van der Waals surface area contributed by atoms with Crippen LogP contribution in [0.3, 0.4) is 0 Å². The van der Waals surface area contributed by atoms with E-state index in [1.807, 2.05) is 42.5 Å². The van der Waals surface area contributed by atoms with E-state index in [0.717, 1.165) is 33.2 Å². The molecule has 4 aromatic carbocycles. The highest BCUT2D eigenvalue weighted by molar-refractivity contribution is 5.98. The third-order valence-corrected chi connectivity index (χ3v) is 7.06. The molecule has 0 aliphatic heterocycles. The Morgan fingerprint density at radius 3 is 2.07 bits per heavy atom. The topological polar surface area (TPSA) is 88.5 Å². The molecule has 0 spiro atoms. The molecule has 0 saturated carbocycles. The molecule has 0 saturated heterocycles.